The molecule has 6 heteroatoms. The Labute approximate surface area is 130 Å². The second-order valence-corrected chi connectivity index (χ2v) is 5.19. The van der Waals surface area contributed by atoms with Crippen LogP contribution >= 0.6 is 0 Å². The molecule has 0 fully saturated rings. The maximum Gasteiger partial charge on any atom is 0.269 e. The molecule has 0 unspecified atom stereocenters. The summed E-state index contributed by atoms with van der Waals surface area (Å²) in [6, 6.07) is 16.2. The Hall–Kier alpha value is -3.59. The highest BCUT2D eigenvalue weighted by Gasteiger charge is 2.16. The van der Waals surface area contributed by atoms with E-state index in [2.05, 4.69) is 11.1 Å². The molecule has 4 aromatic rings. The topological polar surface area (TPSA) is 87.1 Å². The summed E-state index contributed by atoms with van der Waals surface area (Å²) in [4.78, 5) is 13.6. The molecule has 0 bridgehead atoms. The minimum Gasteiger partial charge on any atom is -0.339 e. The molecule has 0 aliphatic carbocycles. The van der Waals surface area contributed by atoms with Gasteiger partial charge in [-0.1, -0.05) is 12.1 Å². The Morgan fingerprint density at radius 2 is 1.87 bits per heavy atom. The maximum atomic E-state index is 10.8. The van der Waals surface area contributed by atoms with Crippen LogP contribution < -0.4 is 0 Å². The van der Waals surface area contributed by atoms with E-state index in [1.54, 1.807) is 12.1 Å². The minimum atomic E-state index is -0.438. The SMILES string of the molecule is N#Cc1c(-c2ccc([N+](=O)[O-])cc2)cn2c1[nH]c1ccccc12. The first-order valence-corrected chi connectivity index (χ1v) is 6.96. The zero-order valence-electron chi connectivity index (χ0n) is 11.9. The van der Waals surface area contributed by atoms with E-state index in [1.807, 2.05) is 34.9 Å². The molecule has 6 nitrogen and oxygen atoms in total. The maximum absolute atomic E-state index is 10.8. The summed E-state index contributed by atoms with van der Waals surface area (Å²) in [6.07, 6.45) is 1.88. The molecule has 0 amide bonds. The lowest BCUT2D eigenvalue weighted by molar-refractivity contribution is -0.384. The van der Waals surface area contributed by atoms with Crippen LogP contribution in [0.1, 0.15) is 5.56 Å². The first-order valence-electron chi connectivity index (χ1n) is 6.96. The van der Waals surface area contributed by atoms with Gasteiger partial charge in [-0.2, -0.15) is 5.26 Å². The summed E-state index contributed by atoms with van der Waals surface area (Å²) in [7, 11) is 0. The molecule has 0 spiro atoms. The second-order valence-electron chi connectivity index (χ2n) is 5.19. The monoisotopic (exact) mass is 302 g/mol. The number of nitro groups is 1. The zero-order chi connectivity index (χ0) is 16.0. The van der Waals surface area contributed by atoms with Crippen molar-refractivity contribution >= 4 is 22.4 Å². The number of hydrogen-bond acceptors (Lipinski definition) is 3. The third kappa shape index (κ3) is 1.88. The van der Waals surface area contributed by atoms with Crippen molar-refractivity contribution in [2.24, 2.45) is 0 Å². The average molecular weight is 302 g/mol. The normalized spacial score (nSPS) is 10.9. The van der Waals surface area contributed by atoms with Crippen molar-refractivity contribution in [2.75, 3.05) is 0 Å². The van der Waals surface area contributed by atoms with Crippen LogP contribution in [0.4, 0.5) is 5.69 Å². The third-order valence-corrected chi connectivity index (χ3v) is 3.92. The average Bonchev–Trinajstić information content (AvgIpc) is 3.10. The Morgan fingerprint density at radius 1 is 1.13 bits per heavy atom. The standard InChI is InChI=1S/C17H10N4O2/c18-9-13-14(11-5-7-12(8-6-11)21(22)23)10-20-16-4-2-1-3-15(16)19-17(13)20/h1-8,10,19H. The smallest absolute Gasteiger partial charge is 0.269 e. The number of para-hydroxylation sites is 2. The molecule has 0 atom stereocenters. The molecule has 0 aliphatic rings. The lowest BCUT2D eigenvalue weighted by atomic mass is 10.0. The number of aromatic amines is 1. The van der Waals surface area contributed by atoms with Crippen molar-refractivity contribution in [3.63, 3.8) is 0 Å². The van der Waals surface area contributed by atoms with Gasteiger partial charge in [-0.15, -0.1) is 0 Å². The highest BCUT2D eigenvalue weighted by atomic mass is 16.6. The summed E-state index contributed by atoms with van der Waals surface area (Å²) in [5, 5.41) is 20.3. The molecule has 0 aliphatic heterocycles. The van der Waals surface area contributed by atoms with Gasteiger partial charge in [-0.25, -0.2) is 0 Å². The number of non-ortho nitro benzene ring substituents is 1. The molecule has 23 heavy (non-hydrogen) atoms. The first-order chi connectivity index (χ1) is 11.2. The second kappa shape index (κ2) is 4.71. The van der Waals surface area contributed by atoms with Crippen LogP contribution in [0.2, 0.25) is 0 Å². The molecule has 0 saturated heterocycles. The number of nitriles is 1. The van der Waals surface area contributed by atoms with E-state index in [4.69, 9.17) is 0 Å². The van der Waals surface area contributed by atoms with E-state index in [1.165, 1.54) is 12.1 Å². The van der Waals surface area contributed by atoms with Crippen LogP contribution in [0.15, 0.2) is 54.7 Å². The van der Waals surface area contributed by atoms with Gasteiger partial charge >= 0.3 is 0 Å². The molecule has 4 rings (SSSR count). The van der Waals surface area contributed by atoms with Crippen LogP contribution in [-0.4, -0.2) is 14.3 Å². The summed E-state index contributed by atoms with van der Waals surface area (Å²) < 4.78 is 1.94. The third-order valence-electron chi connectivity index (χ3n) is 3.92. The number of rotatable bonds is 2. The molecule has 0 saturated carbocycles. The first kappa shape index (κ1) is 13.1. The summed E-state index contributed by atoms with van der Waals surface area (Å²) in [5.41, 5.74) is 4.73. The van der Waals surface area contributed by atoms with E-state index in [0.717, 1.165) is 27.8 Å². The van der Waals surface area contributed by atoms with Crippen LogP contribution in [-0.2, 0) is 0 Å². The van der Waals surface area contributed by atoms with Gasteiger partial charge in [0.25, 0.3) is 5.69 Å². The fraction of sp³-hybridized carbons (Fsp3) is 0. The van der Waals surface area contributed by atoms with E-state index >= 15 is 0 Å². The quantitative estimate of drug-likeness (QED) is 0.450. The van der Waals surface area contributed by atoms with Crippen LogP contribution in [0, 0.1) is 21.4 Å². The fourth-order valence-corrected chi connectivity index (χ4v) is 2.83. The number of hydrogen-bond donors (Lipinski definition) is 1. The van der Waals surface area contributed by atoms with Crippen molar-refractivity contribution in [3.8, 4) is 17.2 Å². The van der Waals surface area contributed by atoms with E-state index in [0.29, 0.717) is 5.56 Å². The van der Waals surface area contributed by atoms with E-state index in [-0.39, 0.29) is 5.69 Å². The summed E-state index contributed by atoms with van der Waals surface area (Å²) in [5.74, 6) is 0. The van der Waals surface area contributed by atoms with Crippen LogP contribution in [0.5, 0.6) is 0 Å². The highest BCUT2D eigenvalue weighted by molar-refractivity contribution is 5.88. The van der Waals surface area contributed by atoms with Crippen LogP contribution in [0.25, 0.3) is 27.8 Å². The van der Waals surface area contributed by atoms with E-state index < -0.39 is 4.92 Å². The van der Waals surface area contributed by atoms with Crippen molar-refractivity contribution in [1.82, 2.24) is 9.38 Å². The molecule has 0 radical (unpaired) electrons. The predicted octanol–water partition coefficient (Wildman–Crippen LogP) is 3.87. The largest absolute Gasteiger partial charge is 0.339 e. The lowest BCUT2D eigenvalue weighted by Crippen LogP contribution is -1.87. The van der Waals surface area contributed by atoms with Gasteiger partial charge in [0.1, 0.15) is 17.3 Å². The molecule has 2 heterocycles. The number of nitrogens with zero attached hydrogens (tertiary/aromatic N) is 3. The molecule has 110 valence electrons. The van der Waals surface area contributed by atoms with Gasteiger partial charge in [-0.3, -0.25) is 14.5 Å². The van der Waals surface area contributed by atoms with Gasteiger partial charge in [0.2, 0.25) is 0 Å². The number of H-pyrrole nitrogens is 1. The molecule has 2 aromatic heterocycles. The molecule has 2 aromatic carbocycles. The van der Waals surface area contributed by atoms with Crippen molar-refractivity contribution in [3.05, 3.63) is 70.4 Å². The Morgan fingerprint density at radius 3 is 2.57 bits per heavy atom. The van der Waals surface area contributed by atoms with E-state index in [9.17, 15) is 15.4 Å². The van der Waals surface area contributed by atoms with Gasteiger partial charge in [0.15, 0.2) is 0 Å². The van der Waals surface area contributed by atoms with Crippen molar-refractivity contribution < 1.29 is 4.92 Å². The number of imidazole rings is 1. The van der Waals surface area contributed by atoms with Gasteiger partial charge in [0, 0.05) is 23.9 Å². The molecular formula is C17H10N4O2. The molecule has 1 N–H and O–H groups in total. The van der Waals surface area contributed by atoms with Gasteiger partial charge in [-0.05, 0) is 29.8 Å². The Bertz CT molecular complexity index is 1100. The number of fused-ring (bicyclic) bond motifs is 3. The number of benzene rings is 2. The minimum absolute atomic E-state index is 0.0301. The lowest BCUT2D eigenvalue weighted by Gasteiger charge is -1.99. The summed E-state index contributed by atoms with van der Waals surface area (Å²) in [6.45, 7) is 0. The molecular weight excluding hydrogens is 292 g/mol. The van der Waals surface area contributed by atoms with Crippen LogP contribution in [0.3, 0.4) is 0 Å². The number of nitrogens with one attached hydrogen (secondary N) is 1. The Balaban J connectivity index is 1.96. The van der Waals surface area contributed by atoms with Gasteiger partial charge < -0.3 is 4.98 Å². The number of nitro benzene ring substituents is 1. The fourth-order valence-electron chi connectivity index (χ4n) is 2.83. The van der Waals surface area contributed by atoms with Crippen molar-refractivity contribution in [2.45, 2.75) is 0 Å². The predicted molar refractivity (Wildman–Crippen MR) is 86.1 cm³/mol. The number of aromatic nitrogens is 2. The van der Waals surface area contributed by atoms with Gasteiger partial charge in [0.05, 0.1) is 16.0 Å². The Kier molecular flexibility index (Phi) is 2.68. The van der Waals surface area contributed by atoms with Crippen molar-refractivity contribution in [1.29, 1.82) is 5.26 Å². The highest BCUT2D eigenvalue weighted by Crippen LogP contribution is 2.31. The summed E-state index contributed by atoms with van der Waals surface area (Å²) >= 11 is 0. The zero-order valence-corrected chi connectivity index (χ0v) is 11.9.